The number of rotatable bonds is 3. The van der Waals surface area contributed by atoms with Gasteiger partial charge in [-0.2, -0.15) is 0 Å². The van der Waals surface area contributed by atoms with Gasteiger partial charge in [-0.3, -0.25) is 0 Å². The lowest BCUT2D eigenvalue weighted by Gasteiger charge is -2.22. The third-order valence-corrected chi connectivity index (χ3v) is 1.47. The zero-order valence-corrected chi connectivity index (χ0v) is 10.7. The monoisotopic (exact) mass is 297 g/mol. The normalized spacial score (nSPS) is 10.8. The average molecular weight is 297 g/mol. The number of ether oxygens (including phenoxy) is 1. The van der Waals surface area contributed by atoms with Crippen molar-refractivity contribution >= 4 is 0 Å². The Hall–Kier alpha value is -0.230. The molecule has 3 nitrogen and oxygen atoms in total. The lowest BCUT2D eigenvalue weighted by Crippen LogP contribution is -3.00. The van der Waals surface area contributed by atoms with Crippen LogP contribution in [0.3, 0.4) is 0 Å². The molecule has 0 aliphatic carbocycles. The summed E-state index contributed by atoms with van der Waals surface area (Å²) >= 11 is 0. The number of hydrogen-bond acceptors (Lipinski definition) is 2. The zero-order chi connectivity index (χ0) is 9.19. The van der Waals surface area contributed by atoms with E-state index in [2.05, 4.69) is 21.1 Å². The zero-order valence-electron chi connectivity index (χ0n) is 8.50. The molecule has 0 aliphatic heterocycles. The van der Waals surface area contributed by atoms with Gasteiger partial charge in [-0.15, -0.1) is 0 Å². The van der Waals surface area contributed by atoms with Crippen LogP contribution in [0.2, 0.25) is 0 Å². The molecule has 0 radical (unpaired) electrons. The molecule has 0 N–H and O–H groups in total. The van der Waals surface area contributed by atoms with Crippen LogP contribution < -0.4 is 28.7 Å². The fourth-order valence-electron chi connectivity index (χ4n) is 1.02. The van der Waals surface area contributed by atoms with Gasteiger partial charge in [-0.25, -0.2) is 0 Å². The lowest BCUT2D eigenvalue weighted by molar-refractivity contribution is -0.884. The summed E-state index contributed by atoms with van der Waals surface area (Å²) in [6.07, 6.45) is 0. The summed E-state index contributed by atoms with van der Waals surface area (Å²) in [7, 11) is 7.97. The van der Waals surface area contributed by atoms with Crippen molar-refractivity contribution in [3.8, 4) is 5.95 Å². The second-order valence-corrected chi connectivity index (χ2v) is 3.87. The fourth-order valence-corrected chi connectivity index (χ4v) is 1.02. The minimum atomic E-state index is 0. The van der Waals surface area contributed by atoms with Crippen LogP contribution in [0.1, 0.15) is 5.76 Å². The molecule has 1 aromatic rings. The van der Waals surface area contributed by atoms with Crippen LogP contribution >= 0.6 is 0 Å². The third-order valence-electron chi connectivity index (χ3n) is 1.47. The van der Waals surface area contributed by atoms with Gasteiger partial charge in [0.2, 0.25) is 0 Å². The highest BCUT2D eigenvalue weighted by atomic mass is 127. The summed E-state index contributed by atoms with van der Waals surface area (Å²) in [6, 6.07) is 3.79. The van der Waals surface area contributed by atoms with Crippen LogP contribution in [0.25, 0.3) is 0 Å². The molecule has 0 aromatic carbocycles. The first-order valence-electron chi connectivity index (χ1n) is 3.94. The van der Waals surface area contributed by atoms with Crippen LogP contribution in [-0.4, -0.2) is 32.7 Å². The molecule has 0 amide bonds. The van der Waals surface area contributed by atoms with Crippen molar-refractivity contribution in [1.29, 1.82) is 0 Å². The molecular weight excluding hydrogens is 281 g/mol. The maximum Gasteiger partial charge on any atom is 0.284 e. The van der Waals surface area contributed by atoms with Crippen molar-refractivity contribution in [3.05, 3.63) is 17.9 Å². The summed E-state index contributed by atoms with van der Waals surface area (Å²) in [6.45, 7) is 0.878. The minimum Gasteiger partial charge on any atom is -1.00 e. The molecule has 0 spiro atoms. The quantitative estimate of drug-likeness (QED) is 0.500. The van der Waals surface area contributed by atoms with Gasteiger partial charge in [0, 0.05) is 6.07 Å². The summed E-state index contributed by atoms with van der Waals surface area (Å²) in [5.74, 6) is 1.54. The van der Waals surface area contributed by atoms with E-state index < -0.39 is 0 Å². The van der Waals surface area contributed by atoms with E-state index in [1.54, 1.807) is 7.11 Å². The van der Waals surface area contributed by atoms with E-state index >= 15 is 0 Å². The number of furan rings is 1. The summed E-state index contributed by atoms with van der Waals surface area (Å²) in [5.41, 5.74) is 0. The topological polar surface area (TPSA) is 22.4 Å². The second kappa shape index (κ2) is 4.85. The van der Waals surface area contributed by atoms with Gasteiger partial charge >= 0.3 is 0 Å². The molecule has 0 aliphatic rings. The van der Waals surface area contributed by atoms with Crippen molar-refractivity contribution in [2.45, 2.75) is 6.54 Å². The largest absolute Gasteiger partial charge is 1.00 e. The van der Waals surface area contributed by atoms with Crippen LogP contribution in [-0.2, 0) is 6.54 Å². The fraction of sp³-hybridized carbons (Fsp3) is 0.556. The summed E-state index contributed by atoms with van der Waals surface area (Å²) in [5, 5.41) is 0. The predicted octanol–water partition coefficient (Wildman–Crippen LogP) is -1.50. The highest BCUT2D eigenvalue weighted by Crippen LogP contribution is 2.17. The molecule has 0 saturated heterocycles. The Morgan fingerprint density at radius 1 is 1.31 bits per heavy atom. The van der Waals surface area contributed by atoms with E-state index in [4.69, 9.17) is 9.15 Å². The molecule has 0 saturated carbocycles. The maximum absolute atomic E-state index is 5.37. The second-order valence-electron chi connectivity index (χ2n) is 3.87. The molecule has 4 heteroatoms. The first-order chi connectivity index (χ1) is 5.51. The van der Waals surface area contributed by atoms with E-state index in [0.29, 0.717) is 5.95 Å². The Balaban J connectivity index is 0.00000144. The van der Waals surface area contributed by atoms with Gasteiger partial charge in [0.25, 0.3) is 5.95 Å². The summed E-state index contributed by atoms with van der Waals surface area (Å²) < 4.78 is 11.2. The van der Waals surface area contributed by atoms with E-state index in [-0.39, 0.29) is 24.0 Å². The Labute approximate surface area is 96.3 Å². The van der Waals surface area contributed by atoms with Crippen LogP contribution in [0.5, 0.6) is 5.95 Å². The third kappa shape index (κ3) is 4.52. The van der Waals surface area contributed by atoms with Crippen molar-refractivity contribution in [2.24, 2.45) is 0 Å². The first kappa shape index (κ1) is 12.8. The number of hydrogen-bond donors (Lipinski definition) is 0. The van der Waals surface area contributed by atoms with E-state index in [1.807, 2.05) is 12.1 Å². The van der Waals surface area contributed by atoms with Crippen molar-refractivity contribution in [2.75, 3.05) is 28.3 Å². The van der Waals surface area contributed by atoms with Crippen LogP contribution in [0.15, 0.2) is 16.5 Å². The highest BCUT2D eigenvalue weighted by Gasteiger charge is 2.11. The molecule has 0 unspecified atom stereocenters. The maximum atomic E-state index is 5.37. The lowest BCUT2D eigenvalue weighted by atomic mass is 10.4. The van der Waals surface area contributed by atoms with E-state index in [1.165, 1.54) is 0 Å². The number of quaternary nitrogens is 1. The molecule has 76 valence electrons. The van der Waals surface area contributed by atoms with E-state index in [0.717, 1.165) is 16.8 Å². The number of halogens is 1. The molecular formula is C9H16INO2. The van der Waals surface area contributed by atoms with Crippen molar-refractivity contribution in [1.82, 2.24) is 0 Å². The van der Waals surface area contributed by atoms with E-state index in [9.17, 15) is 0 Å². The van der Waals surface area contributed by atoms with Crippen molar-refractivity contribution in [3.63, 3.8) is 0 Å². The smallest absolute Gasteiger partial charge is 0.284 e. The molecule has 0 atom stereocenters. The Kier molecular flexibility index (Phi) is 4.77. The molecule has 1 rings (SSSR count). The first-order valence-corrected chi connectivity index (χ1v) is 3.94. The van der Waals surface area contributed by atoms with Crippen LogP contribution in [0, 0.1) is 0 Å². The Morgan fingerprint density at radius 3 is 2.31 bits per heavy atom. The van der Waals surface area contributed by atoms with Gasteiger partial charge in [-0.05, 0) is 6.07 Å². The molecule has 0 fully saturated rings. The highest BCUT2D eigenvalue weighted by molar-refractivity contribution is 5.10. The van der Waals surface area contributed by atoms with Gasteiger partial charge < -0.3 is 37.6 Å². The SMILES string of the molecule is COc1ccc(C[N+](C)(C)C)o1.[I-]. The Morgan fingerprint density at radius 2 is 1.92 bits per heavy atom. The van der Waals surface area contributed by atoms with Gasteiger partial charge in [-0.1, -0.05) is 0 Å². The minimum absolute atomic E-state index is 0. The van der Waals surface area contributed by atoms with Gasteiger partial charge in [0.05, 0.1) is 28.3 Å². The van der Waals surface area contributed by atoms with Crippen molar-refractivity contribution < 1.29 is 37.6 Å². The summed E-state index contributed by atoms with van der Waals surface area (Å²) in [4.78, 5) is 0. The Bertz CT molecular complexity index is 252. The number of nitrogens with zero attached hydrogens (tertiary/aromatic N) is 1. The van der Waals surface area contributed by atoms with Gasteiger partial charge in [0.1, 0.15) is 6.54 Å². The molecule has 0 bridgehead atoms. The van der Waals surface area contributed by atoms with Gasteiger partial charge in [0.15, 0.2) is 5.76 Å². The standard InChI is InChI=1S/C9H16NO2.HI/c1-10(2,3)7-8-5-6-9(11-4)12-8;/h5-6H,7H2,1-4H3;1H/q+1;/p-1. The molecule has 1 heterocycles. The van der Waals surface area contributed by atoms with Crippen LogP contribution in [0.4, 0.5) is 0 Å². The molecule has 1 aromatic heterocycles. The molecule has 13 heavy (non-hydrogen) atoms. The number of methoxy groups -OCH3 is 1. The predicted molar refractivity (Wildman–Crippen MR) is 47.0 cm³/mol. The average Bonchev–Trinajstić information content (AvgIpc) is 2.32.